The smallest absolute Gasteiger partial charge is 0.236 e. The molecule has 1 atom stereocenters. The van der Waals surface area contributed by atoms with Crippen LogP contribution >= 0.6 is 0 Å². The molecule has 0 spiro atoms. The summed E-state index contributed by atoms with van der Waals surface area (Å²) in [5.41, 5.74) is 0.860. The Balaban J connectivity index is 1.58. The average molecular weight is 318 g/mol. The highest BCUT2D eigenvalue weighted by Crippen LogP contribution is 2.23. The Bertz CT molecular complexity index is 545. The van der Waals surface area contributed by atoms with Crippen molar-refractivity contribution in [1.29, 1.82) is 0 Å². The lowest BCUT2D eigenvalue weighted by molar-refractivity contribution is -0.140. The highest BCUT2D eigenvalue weighted by molar-refractivity contribution is 5.78. The molecule has 6 nitrogen and oxygen atoms in total. The number of carbonyl (C=O) groups is 1. The van der Waals surface area contributed by atoms with Crippen LogP contribution in [0.3, 0.4) is 0 Å². The van der Waals surface area contributed by atoms with Gasteiger partial charge in [0.1, 0.15) is 11.9 Å². The SMILES string of the molecule is Cc1nccc([C@H]2CN(C(=O)CN(C)C3CCCC3)CCO2)n1. The third-order valence-corrected chi connectivity index (χ3v) is 4.88. The molecule has 1 saturated heterocycles. The van der Waals surface area contributed by atoms with E-state index in [9.17, 15) is 4.79 Å². The van der Waals surface area contributed by atoms with E-state index in [0.717, 1.165) is 11.5 Å². The number of morpholine rings is 1. The molecule has 6 heteroatoms. The number of hydrogen-bond acceptors (Lipinski definition) is 5. The fraction of sp³-hybridized carbons (Fsp3) is 0.706. The summed E-state index contributed by atoms with van der Waals surface area (Å²) in [5.74, 6) is 0.925. The summed E-state index contributed by atoms with van der Waals surface area (Å²) in [6, 6.07) is 2.44. The Labute approximate surface area is 137 Å². The van der Waals surface area contributed by atoms with Gasteiger partial charge in [-0.15, -0.1) is 0 Å². The molecule has 0 bridgehead atoms. The van der Waals surface area contributed by atoms with Crippen molar-refractivity contribution in [3.8, 4) is 0 Å². The van der Waals surface area contributed by atoms with Gasteiger partial charge in [-0.25, -0.2) is 9.97 Å². The number of likely N-dealkylation sites (N-methyl/N-ethyl adjacent to an activating group) is 1. The number of hydrogen-bond donors (Lipinski definition) is 0. The van der Waals surface area contributed by atoms with Gasteiger partial charge in [-0.3, -0.25) is 9.69 Å². The zero-order valence-electron chi connectivity index (χ0n) is 14.1. The van der Waals surface area contributed by atoms with E-state index in [0.29, 0.717) is 32.3 Å². The predicted molar refractivity (Wildman–Crippen MR) is 86.9 cm³/mol. The van der Waals surface area contributed by atoms with E-state index in [2.05, 4.69) is 21.9 Å². The number of amides is 1. The lowest BCUT2D eigenvalue weighted by Crippen LogP contribution is -2.47. The van der Waals surface area contributed by atoms with Crippen molar-refractivity contribution in [1.82, 2.24) is 19.8 Å². The molecule has 1 amide bonds. The maximum Gasteiger partial charge on any atom is 0.236 e. The summed E-state index contributed by atoms with van der Waals surface area (Å²) in [4.78, 5) is 25.3. The minimum absolute atomic E-state index is 0.147. The third kappa shape index (κ3) is 4.06. The number of rotatable bonds is 4. The van der Waals surface area contributed by atoms with Crippen LogP contribution in [0.1, 0.15) is 43.3 Å². The molecule has 1 aromatic rings. The summed E-state index contributed by atoms with van der Waals surface area (Å²) >= 11 is 0. The van der Waals surface area contributed by atoms with Crippen LogP contribution in [-0.4, -0.2) is 65.0 Å². The second-order valence-electron chi connectivity index (χ2n) is 6.58. The van der Waals surface area contributed by atoms with Crippen molar-refractivity contribution in [2.45, 2.75) is 44.8 Å². The topological polar surface area (TPSA) is 58.6 Å². The van der Waals surface area contributed by atoms with Crippen LogP contribution in [0.5, 0.6) is 0 Å². The molecule has 126 valence electrons. The van der Waals surface area contributed by atoms with Gasteiger partial charge in [0.15, 0.2) is 0 Å². The van der Waals surface area contributed by atoms with Gasteiger partial charge in [0.05, 0.1) is 25.4 Å². The van der Waals surface area contributed by atoms with Gasteiger partial charge >= 0.3 is 0 Å². The second kappa shape index (κ2) is 7.36. The minimum atomic E-state index is -0.147. The summed E-state index contributed by atoms with van der Waals surface area (Å²) < 4.78 is 5.81. The maximum atomic E-state index is 12.6. The largest absolute Gasteiger partial charge is 0.368 e. The van der Waals surface area contributed by atoms with E-state index >= 15 is 0 Å². The summed E-state index contributed by atoms with van der Waals surface area (Å²) in [7, 11) is 2.07. The predicted octanol–water partition coefficient (Wildman–Crippen LogP) is 1.56. The highest BCUT2D eigenvalue weighted by Gasteiger charge is 2.28. The first kappa shape index (κ1) is 16.3. The Morgan fingerprint density at radius 3 is 2.96 bits per heavy atom. The molecule has 23 heavy (non-hydrogen) atoms. The van der Waals surface area contributed by atoms with E-state index in [4.69, 9.17) is 4.74 Å². The Morgan fingerprint density at radius 1 is 1.43 bits per heavy atom. The maximum absolute atomic E-state index is 12.6. The zero-order chi connectivity index (χ0) is 16.2. The second-order valence-corrected chi connectivity index (χ2v) is 6.58. The van der Waals surface area contributed by atoms with E-state index in [-0.39, 0.29) is 12.0 Å². The number of carbonyl (C=O) groups excluding carboxylic acids is 1. The van der Waals surface area contributed by atoms with E-state index in [1.54, 1.807) is 6.20 Å². The molecule has 0 unspecified atom stereocenters. The molecule has 2 aliphatic rings. The number of aryl methyl sites for hydroxylation is 1. The molecule has 1 saturated carbocycles. The number of ether oxygens (including phenoxy) is 1. The molecule has 0 aromatic carbocycles. The van der Waals surface area contributed by atoms with E-state index in [1.165, 1.54) is 25.7 Å². The summed E-state index contributed by atoms with van der Waals surface area (Å²) in [6.45, 7) is 4.17. The van der Waals surface area contributed by atoms with Crippen LogP contribution in [0.4, 0.5) is 0 Å². The van der Waals surface area contributed by atoms with Crippen molar-refractivity contribution in [3.63, 3.8) is 0 Å². The molecule has 1 aliphatic carbocycles. The van der Waals surface area contributed by atoms with Gasteiger partial charge in [0.25, 0.3) is 0 Å². The van der Waals surface area contributed by atoms with Gasteiger partial charge < -0.3 is 9.64 Å². The standard InChI is InChI=1S/C17H26N4O2/c1-13-18-8-7-15(19-13)16-11-21(9-10-23-16)17(22)12-20(2)14-5-3-4-6-14/h7-8,14,16H,3-6,9-12H2,1-2H3/t16-/m1/s1. The summed E-state index contributed by atoms with van der Waals surface area (Å²) in [6.07, 6.45) is 6.61. The average Bonchev–Trinajstić information content (AvgIpc) is 3.09. The van der Waals surface area contributed by atoms with Crippen molar-refractivity contribution >= 4 is 5.91 Å². The molecule has 0 N–H and O–H groups in total. The Hall–Kier alpha value is -1.53. The van der Waals surface area contributed by atoms with Crippen molar-refractivity contribution in [2.75, 3.05) is 33.3 Å². The van der Waals surface area contributed by atoms with Gasteiger partial charge in [-0.2, -0.15) is 0 Å². The lowest BCUT2D eigenvalue weighted by Gasteiger charge is -2.34. The summed E-state index contributed by atoms with van der Waals surface area (Å²) in [5, 5.41) is 0. The Kier molecular flexibility index (Phi) is 5.23. The molecule has 3 rings (SSSR count). The van der Waals surface area contributed by atoms with Gasteiger partial charge in [0.2, 0.25) is 5.91 Å². The lowest BCUT2D eigenvalue weighted by atomic mass is 10.2. The molecular formula is C17H26N4O2. The molecule has 1 aliphatic heterocycles. The van der Waals surface area contributed by atoms with Crippen molar-refractivity contribution < 1.29 is 9.53 Å². The van der Waals surface area contributed by atoms with Crippen molar-refractivity contribution in [2.24, 2.45) is 0 Å². The molecular weight excluding hydrogens is 292 g/mol. The fourth-order valence-corrected chi connectivity index (χ4v) is 3.50. The molecule has 2 heterocycles. The third-order valence-electron chi connectivity index (χ3n) is 4.88. The van der Waals surface area contributed by atoms with Crippen LogP contribution < -0.4 is 0 Å². The van der Waals surface area contributed by atoms with Gasteiger partial charge in [0, 0.05) is 18.8 Å². The number of aromatic nitrogens is 2. The van der Waals surface area contributed by atoms with Gasteiger partial charge in [-0.1, -0.05) is 12.8 Å². The Morgan fingerprint density at radius 2 is 2.22 bits per heavy atom. The molecule has 1 aromatic heterocycles. The van der Waals surface area contributed by atoms with Crippen LogP contribution in [0.2, 0.25) is 0 Å². The van der Waals surface area contributed by atoms with Crippen LogP contribution in [-0.2, 0) is 9.53 Å². The fourth-order valence-electron chi connectivity index (χ4n) is 3.50. The van der Waals surface area contributed by atoms with E-state index < -0.39 is 0 Å². The quantitative estimate of drug-likeness (QED) is 0.843. The van der Waals surface area contributed by atoms with Crippen LogP contribution in [0.15, 0.2) is 12.3 Å². The highest BCUT2D eigenvalue weighted by atomic mass is 16.5. The molecule has 2 fully saturated rings. The zero-order valence-corrected chi connectivity index (χ0v) is 14.1. The van der Waals surface area contributed by atoms with Crippen LogP contribution in [0, 0.1) is 6.92 Å². The van der Waals surface area contributed by atoms with Gasteiger partial charge in [-0.05, 0) is 32.9 Å². The van der Waals surface area contributed by atoms with Crippen molar-refractivity contribution in [3.05, 3.63) is 23.8 Å². The first-order valence-electron chi connectivity index (χ1n) is 8.52. The molecule has 0 radical (unpaired) electrons. The monoisotopic (exact) mass is 318 g/mol. The first-order chi connectivity index (χ1) is 11.1. The van der Waals surface area contributed by atoms with Crippen LogP contribution in [0.25, 0.3) is 0 Å². The minimum Gasteiger partial charge on any atom is -0.368 e. The number of nitrogens with zero attached hydrogens (tertiary/aromatic N) is 4. The first-order valence-corrected chi connectivity index (χ1v) is 8.52. The normalized spacial score (nSPS) is 22.7. The van der Waals surface area contributed by atoms with E-state index in [1.807, 2.05) is 17.9 Å².